The summed E-state index contributed by atoms with van der Waals surface area (Å²) in [7, 11) is -0.556. The number of amides is 1. The summed E-state index contributed by atoms with van der Waals surface area (Å²) in [6.45, 7) is 11.6. The van der Waals surface area contributed by atoms with Gasteiger partial charge in [0.25, 0.3) is 0 Å². The van der Waals surface area contributed by atoms with Crippen LogP contribution in [0.5, 0.6) is 0 Å². The maximum atomic E-state index is 11.3. The monoisotopic (exact) mass is 350 g/mol. The van der Waals surface area contributed by atoms with Crippen LogP contribution in [-0.4, -0.2) is 35.8 Å². The fourth-order valence-corrected chi connectivity index (χ4v) is 2.52. The maximum Gasteiger partial charge on any atom is 0.492 e. The molecule has 0 radical (unpaired) electrons. The van der Waals surface area contributed by atoms with Gasteiger partial charge in [-0.3, -0.25) is 4.79 Å². The van der Waals surface area contributed by atoms with Crippen molar-refractivity contribution >= 4 is 30.7 Å². The Kier molecular flexibility index (Phi) is 5.42. The number of aromatic nitrogens is 1. The topological polar surface area (TPSA) is 60.5 Å². The quantitative estimate of drug-likeness (QED) is 0.669. The van der Waals surface area contributed by atoms with Crippen LogP contribution in [0.25, 0.3) is 6.08 Å². The number of nitrogens with zero attached hydrogens (tertiary/aromatic N) is 1. The summed E-state index contributed by atoms with van der Waals surface area (Å²) in [5.74, 6) is -0.120. The van der Waals surface area contributed by atoms with E-state index in [0.717, 1.165) is 16.7 Å². The number of carbonyl (C=O) groups is 1. The third kappa shape index (κ3) is 4.18. The minimum atomic E-state index is -0.556. The molecule has 0 saturated carbocycles. The van der Waals surface area contributed by atoms with Crippen molar-refractivity contribution in [1.29, 1.82) is 0 Å². The van der Waals surface area contributed by atoms with Crippen LogP contribution in [0.3, 0.4) is 0 Å². The summed E-state index contributed by atoms with van der Waals surface area (Å²) in [4.78, 5) is 15.6. The second-order valence-corrected chi connectivity index (χ2v) is 7.41. The van der Waals surface area contributed by atoms with Gasteiger partial charge in [-0.15, -0.1) is 0 Å². The molecular weight excluding hydrogens is 326 g/mol. The predicted molar refractivity (Wildman–Crippen MR) is 96.7 cm³/mol. The van der Waals surface area contributed by atoms with Gasteiger partial charge in [0.15, 0.2) is 0 Å². The van der Waals surface area contributed by atoms with Crippen LogP contribution in [0.4, 0.5) is 0 Å². The first kappa shape index (κ1) is 19.0. The largest absolute Gasteiger partial charge is 0.492 e. The van der Waals surface area contributed by atoms with Gasteiger partial charge in [-0.25, -0.2) is 4.98 Å². The molecule has 0 atom stereocenters. The number of hydrogen-bond acceptors (Lipinski definition) is 4. The van der Waals surface area contributed by atoms with E-state index in [4.69, 9.17) is 20.9 Å². The van der Waals surface area contributed by atoms with Crippen LogP contribution < -0.4 is 5.32 Å². The van der Waals surface area contributed by atoms with Crippen molar-refractivity contribution in [3.05, 3.63) is 34.0 Å². The fourth-order valence-electron chi connectivity index (χ4n) is 2.27. The van der Waals surface area contributed by atoms with Crippen LogP contribution in [0.15, 0.2) is 17.6 Å². The first-order valence-corrected chi connectivity index (χ1v) is 8.33. The molecule has 24 heavy (non-hydrogen) atoms. The first-order chi connectivity index (χ1) is 11.0. The van der Waals surface area contributed by atoms with Crippen LogP contribution in [-0.2, 0) is 14.1 Å². The highest BCUT2D eigenvalue weighted by Gasteiger charge is 2.52. The molecule has 1 fully saturated rings. The maximum absolute atomic E-state index is 11.3. The Morgan fingerprint density at radius 3 is 2.38 bits per heavy atom. The zero-order valence-corrected chi connectivity index (χ0v) is 15.8. The molecule has 1 amide bonds. The third-order valence-corrected chi connectivity index (χ3v) is 4.76. The molecule has 0 spiro atoms. The van der Waals surface area contributed by atoms with Gasteiger partial charge >= 0.3 is 7.12 Å². The average Bonchev–Trinajstić information content (AvgIpc) is 2.65. The lowest BCUT2D eigenvalue weighted by atomic mass is 9.77. The normalized spacial score (nSPS) is 19.5. The molecule has 0 aromatic carbocycles. The Hall–Kier alpha value is -1.37. The average molecular weight is 351 g/mol. The minimum Gasteiger partial charge on any atom is -0.400 e. The zero-order valence-electron chi connectivity index (χ0n) is 15.1. The molecule has 1 aliphatic heterocycles. The number of nitrogens with one attached hydrogen (secondary N) is 1. The Bertz CT molecular complexity index is 658. The van der Waals surface area contributed by atoms with E-state index in [-0.39, 0.29) is 5.91 Å². The molecule has 7 heteroatoms. The summed E-state index contributed by atoms with van der Waals surface area (Å²) in [6, 6.07) is 3.78. The van der Waals surface area contributed by atoms with Crippen molar-refractivity contribution in [2.75, 3.05) is 6.54 Å². The van der Waals surface area contributed by atoms with Gasteiger partial charge in [-0.1, -0.05) is 23.7 Å². The second-order valence-electron chi connectivity index (χ2n) is 7.05. The molecule has 5 nitrogen and oxygen atoms in total. The molecule has 2 heterocycles. The number of halogens is 1. The van der Waals surface area contributed by atoms with Crippen LogP contribution in [0, 0.1) is 6.92 Å². The number of aryl methyl sites for hydroxylation is 1. The Labute approximate surface area is 148 Å². The second kappa shape index (κ2) is 6.86. The number of rotatable bonds is 4. The van der Waals surface area contributed by atoms with Crippen LogP contribution in [0.2, 0.25) is 5.15 Å². The van der Waals surface area contributed by atoms with Crippen LogP contribution >= 0.6 is 11.6 Å². The Morgan fingerprint density at radius 2 is 1.88 bits per heavy atom. The van der Waals surface area contributed by atoms with E-state index in [1.807, 2.05) is 52.8 Å². The lowest BCUT2D eigenvalue weighted by Gasteiger charge is -2.32. The van der Waals surface area contributed by atoms with Crippen molar-refractivity contribution in [1.82, 2.24) is 10.3 Å². The SMILES string of the molecule is CC(=O)NCC(=Cc1ccc(C)nc1Cl)B1OC(C)(C)C(C)(C)O1. The molecule has 1 aromatic heterocycles. The van der Waals surface area contributed by atoms with E-state index in [9.17, 15) is 4.79 Å². The van der Waals surface area contributed by atoms with Crippen LogP contribution in [0.1, 0.15) is 45.9 Å². The highest BCUT2D eigenvalue weighted by atomic mass is 35.5. The third-order valence-electron chi connectivity index (χ3n) is 4.46. The van der Waals surface area contributed by atoms with Gasteiger partial charge in [-0.2, -0.15) is 0 Å². The Balaban J connectivity index is 2.35. The lowest BCUT2D eigenvalue weighted by Crippen LogP contribution is -2.41. The molecule has 0 aliphatic carbocycles. The number of carbonyl (C=O) groups excluding carboxylic acids is 1. The van der Waals surface area contributed by atoms with E-state index in [1.165, 1.54) is 6.92 Å². The van der Waals surface area contributed by atoms with Crippen molar-refractivity contribution in [2.45, 2.75) is 52.7 Å². The van der Waals surface area contributed by atoms with E-state index >= 15 is 0 Å². The molecule has 1 N–H and O–H groups in total. The number of pyridine rings is 1. The summed E-state index contributed by atoms with van der Waals surface area (Å²) in [5.41, 5.74) is 1.48. The zero-order chi connectivity index (χ0) is 18.1. The smallest absolute Gasteiger partial charge is 0.400 e. The molecule has 0 bridgehead atoms. The first-order valence-electron chi connectivity index (χ1n) is 7.95. The van der Waals surface area contributed by atoms with Gasteiger partial charge in [0.1, 0.15) is 5.15 Å². The predicted octanol–water partition coefficient (Wildman–Crippen LogP) is 3.19. The lowest BCUT2D eigenvalue weighted by molar-refractivity contribution is -0.118. The summed E-state index contributed by atoms with van der Waals surface area (Å²) < 4.78 is 12.2. The van der Waals surface area contributed by atoms with Gasteiger partial charge in [0, 0.05) is 24.7 Å². The van der Waals surface area contributed by atoms with Gasteiger partial charge in [0.05, 0.1) is 11.2 Å². The van der Waals surface area contributed by atoms with E-state index < -0.39 is 18.3 Å². The van der Waals surface area contributed by atoms with E-state index in [1.54, 1.807) is 0 Å². The summed E-state index contributed by atoms with van der Waals surface area (Å²) in [5, 5.41) is 3.21. The highest BCUT2D eigenvalue weighted by Crippen LogP contribution is 2.38. The summed E-state index contributed by atoms with van der Waals surface area (Å²) >= 11 is 6.23. The van der Waals surface area contributed by atoms with E-state index in [2.05, 4.69) is 10.3 Å². The van der Waals surface area contributed by atoms with Crippen molar-refractivity contribution in [3.8, 4) is 0 Å². The molecule has 1 saturated heterocycles. The van der Waals surface area contributed by atoms with Gasteiger partial charge in [-0.05, 0) is 46.2 Å². The number of hydrogen-bond donors (Lipinski definition) is 1. The molecule has 2 rings (SSSR count). The van der Waals surface area contributed by atoms with Gasteiger partial charge in [0.2, 0.25) is 5.91 Å². The molecule has 130 valence electrons. The van der Waals surface area contributed by atoms with Crippen molar-refractivity contribution in [3.63, 3.8) is 0 Å². The molecular formula is C17H24BClN2O3. The Morgan fingerprint density at radius 1 is 1.29 bits per heavy atom. The molecule has 0 unspecified atom stereocenters. The van der Waals surface area contributed by atoms with E-state index in [0.29, 0.717) is 11.7 Å². The van der Waals surface area contributed by atoms with Crippen molar-refractivity contribution in [2.24, 2.45) is 0 Å². The minimum absolute atomic E-state index is 0.120. The fraction of sp³-hybridized carbons (Fsp3) is 0.529. The van der Waals surface area contributed by atoms with Crippen molar-refractivity contribution < 1.29 is 14.1 Å². The molecule has 1 aromatic rings. The highest BCUT2D eigenvalue weighted by molar-refractivity contribution is 6.56. The van der Waals surface area contributed by atoms with Gasteiger partial charge < -0.3 is 14.6 Å². The summed E-state index contributed by atoms with van der Waals surface area (Å²) in [6.07, 6.45) is 1.87. The molecule has 1 aliphatic rings. The standard InChI is InChI=1S/C17H24BClN2O3/c1-11-7-8-13(15(19)21-11)9-14(10-20-12(2)22)18-23-16(3,4)17(5,6)24-18/h7-9H,10H2,1-6H3,(H,20,22).